The van der Waals surface area contributed by atoms with Gasteiger partial charge in [0.1, 0.15) is 6.04 Å². The molecule has 2 unspecified atom stereocenters. The fourth-order valence-electron chi connectivity index (χ4n) is 1.51. The van der Waals surface area contributed by atoms with Crippen LogP contribution in [0.5, 0.6) is 0 Å². The van der Waals surface area contributed by atoms with E-state index >= 15 is 0 Å². The van der Waals surface area contributed by atoms with Crippen LogP contribution in [0.25, 0.3) is 0 Å². The number of carbonyl (C=O) groups excluding carboxylic acids is 2. The molecule has 0 aliphatic rings. The smallest absolute Gasteiger partial charge is 0.242 e. The molecule has 0 spiro atoms. The van der Waals surface area contributed by atoms with E-state index in [4.69, 9.17) is 10.5 Å². The van der Waals surface area contributed by atoms with E-state index in [0.717, 1.165) is 12.8 Å². The number of nitrogens with two attached hydrogens (primary N) is 1. The van der Waals surface area contributed by atoms with Crippen LogP contribution < -0.4 is 16.4 Å². The number of nitrogens with one attached hydrogen (secondary N) is 2. The van der Waals surface area contributed by atoms with Crippen molar-refractivity contribution in [1.82, 2.24) is 10.6 Å². The molecule has 0 aliphatic carbocycles. The molecule has 0 saturated carbocycles. The fourth-order valence-corrected chi connectivity index (χ4v) is 1.51. The first kappa shape index (κ1) is 16.9. The van der Waals surface area contributed by atoms with Gasteiger partial charge in [0, 0.05) is 26.1 Å². The van der Waals surface area contributed by atoms with Crippen molar-refractivity contribution in [3.05, 3.63) is 0 Å². The fraction of sp³-hybridized carbons (Fsp3) is 0.833. The van der Waals surface area contributed by atoms with Gasteiger partial charge in [-0.05, 0) is 13.3 Å². The summed E-state index contributed by atoms with van der Waals surface area (Å²) in [7, 11) is 1.56. The van der Waals surface area contributed by atoms with E-state index in [0.29, 0.717) is 13.2 Å². The van der Waals surface area contributed by atoms with E-state index in [1.807, 2.05) is 6.92 Å². The number of carbonyl (C=O) groups is 2. The third-order valence-corrected chi connectivity index (χ3v) is 2.48. The van der Waals surface area contributed by atoms with Crippen LogP contribution in [-0.4, -0.2) is 44.2 Å². The Morgan fingerprint density at radius 2 is 2.06 bits per heavy atom. The molecule has 4 N–H and O–H groups in total. The Labute approximate surface area is 109 Å². The molecular weight excluding hydrogens is 234 g/mol. The van der Waals surface area contributed by atoms with Gasteiger partial charge in [-0.1, -0.05) is 13.3 Å². The van der Waals surface area contributed by atoms with Gasteiger partial charge >= 0.3 is 0 Å². The van der Waals surface area contributed by atoms with Crippen molar-refractivity contribution in [2.24, 2.45) is 5.73 Å². The standard InChI is InChI=1S/C12H25N3O3/c1-4-5-10(13)8-11(16)15-9(2)12(17)14-6-7-18-3/h9-10H,4-8,13H2,1-3H3,(H,14,17)(H,15,16). The molecule has 0 aromatic carbocycles. The highest BCUT2D eigenvalue weighted by molar-refractivity contribution is 5.87. The van der Waals surface area contributed by atoms with Crippen molar-refractivity contribution in [3.63, 3.8) is 0 Å². The maximum atomic E-state index is 11.6. The Balaban J connectivity index is 3.87. The Hall–Kier alpha value is -1.14. The summed E-state index contributed by atoms with van der Waals surface area (Å²) in [6.07, 6.45) is 2.01. The van der Waals surface area contributed by atoms with Crippen molar-refractivity contribution in [2.45, 2.75) is 45.2 Å². The third-order valence-electron chi connectivity index (χ3n) is 2.48. The van der Waals surface area contributed by atoms with Gasteiger partial charge in [-0.3, -0.25) is 9.59 Å². The first-order valence-electron chi connectivity index (χ1n) is 6.32. The first-order valence-corrected chi connectivity index (χ1v) is 6.32. The Bertz CT molecular complexity index is 259. The molecule has 2 atom stereocenters. The van der Waals surface area contributed by atoms with Gasteiger partial charge in [-0.2, -0.15) is 0 Å². The zero-order chi connectivity index (χ0) is 14.0. The van der Waals surface area contributed by atoms with Crippen molar-refractivity contribution in [1.29, 1.82) is 0 Å². The van der Waals surface area contributed by atoms with Crippen LogP contribution in [-0.2, 0) is 14.3 Å². The maximum absolute atomic E-state index is 11.6. The minimum atomic E-state index is -0.553. The third kappa shape index (κ3) is 8.03. The summed E-state index contributed by atoms with van der Waals surface area (Å²) in [6.45, 7) is 4.55. The highest BCUT2D eigenvalue weighted by atomic mass is 16.5. The van der Waals surface area contributed by atoms with E-state index in [2.05, 4.69) is 10.6 Å². The molecule has 106 valence electrons. The number of methoxy groups -OCH3 is 1. The van der Waals surface area contributed by atoms with Crippen LogP contribution in [0.15, 0.2) is 0 Å². The largest absolute Gasteiger partial charge is 0.383 e. The lowest BCUT2D eigenvalue weighted by atomic mass is 10.1. The average Bonchev–Trinajstić information content (AvgIpc) is 2.28. The molecule has 0 aromatic rings. The summed E-state index contributed by atoms with van der Waals surface area (Å²) < 4.78 is 4.81. The highest BCUT2D eigenvalue weighted by Gasteiger charge is 2.16. The topological polar surface area (TPSA) is 93.5 Å². The molecular formula is C12H25N3O3. The van der Waals surface area contributed by atoms with E-state index in [9.17, 15) is 9.59 Å². The summed E-state index contributed by atoms with van der Waals surface area (Å²) in [5, 5.41) is 5.28. The van der Waals surface area contributed by atoms with Crippen molar-refractivity contribution in [3.8, 4) is 0 Å². The molecule has 0 heterocycles. The van der Waals surface area contributed by atoms with Crippen LogP contribution in [0, 0.1) is 0 Å². The van der Waals surface area contributed by atoms with Crippen LogP contribution in [0.1, 0.15) is 33.1 Å². The molecule has 0 radical (unpaired) electrons. The minimum absolute atomic E-state index is 0.140. The van der Waals surface area contributed by atoms with Crippen molar-refractivity contribution >= 4 is 11.8 Å². The predicted molar refractivity (Wildman–Crippen MR) is 70.0 cm³/mol. The van der Waals surface area contributed by atoms with Crippen LogP contribution >= 0.6 is 0 Å². The van der Waals surface area contributed by atoms with Crippen LogP contribution in [0.2, 0.25) is 0 Å². The van der Waals surface area contributed by atoms with E-state index in [1.165, 1.54) is 0 Å². The normalized spacial score (nSPS) is 13.8. The summed E-state index contributed by atoms with van der Waals surface area (Å²) >= 11 is 0. The lowest BCUT2D eigenvalue weighted by Crippen LogP contribution is -2.46. The maximum Gasteiger partial charge on any atom is 0.242 e. The zero-order valence-corrected chi connectivity index (χ0v) is 11.5. The second kappa shape index (κ2) is 9.85. The summed E-state index contributed by atoms with van der Waals surface area (Å²) in [4.78, 5) is 23.1. The van der Waals surface area contributed by atoms with Gasteiger partial charge in [0.05, 0.1) is 6.61 Å². The van der Waals surface area contributed by atoms with E-state index in [1.54, 1.807) is 14.0 Å². The van der Waals surface area contributed by atoms with Crippen LogP contribution in [0.4, 0.5) is 0 Å². The Morgan fingerprint density at radius 1 is 1.39 bits per heavy atom. The summed E-state index contributed by atoms with van der Waals surface area (Å²) in [5.41, 5.74) is 5.76. The van der Waals surface area contributed by atoms with Gasteiger partial charge in [0.25, 0.3) is 0 Å². The van der Waals surface area contributed by atoms with E-state index in [-0.39, 0.29) is 24.3 Å². The second-order valence-electron chi connectivity index (χ2n) is 4.33. The summed E-state index contributed by atoms with van der Waals surface area (Å²) in [6, 6.07) is -0.693. The Kier molecular flexibility index (Phi) is 9.22. The first-order chi connectivity index (χ1) is 8.51. The monoisotopic (exact) mass is 259 g/mol. The zero-order valence-electron chi connectivity index (χ0n) is 11.5. The SMILES string of the molecule is CCCC(N)CC(=O)NC(C)C(=O)NCCOC. The highest BCUT2D eigenvalue weighted by Crippen LogP contribution is 1.98. The van der Waals surface area contributed by atoms with Crippen molar-refractivity contribution in [2.75, 3.05) is 20.3 Å². The second-order valence-corrected chi connectivity index (χ2v) is 4.33. The molecule has 6 nitrogen and oxygen atoms in total. The molecule has 6 heteroatoms. The number of amides is 2. The lowest BCUT2D eigenvalue weighted by molar-refractivity contribution is -0.128. The molecule has 0 bridgehead atoms. The molecule has 0 aromatic heterocycles. The summed E-state index contributed by atoms with van der Waals surface area (Å²) in [5.74, 6) is -0.408. The molecule has 18 heavy (non-hydrogen) atoms. The molecule has 0 aliphatic heterocycles. The van der Waals surface area contributed by atoms with Crippen LogP contribution in [0.3, 0.4) is 0 Å². The lowest BCUT2D eigenvalue weighted by Gasteiger charge is -2.15. The number of hydrogen-bond donors (Lipinski definition) is 3. The predicted octanol–water partition coefficient (Wildman–Crippen LogP) is -0.229. The van der Waals surface area contributed by atoms with Crippen molar-refractivity contribution < 1.29 is 14.3 Å². The molecule has 2 amide bonds. The average molecular weight is 259 g/mol. The molecule has 0 saturated heterocycles. The minimum Gasteiger partial charge on any atom is -0.383 e. The van der Waals surface area contributed by atoms with Gasteiger partial charge in [-0.25, -0.2) is 0 Å². The van der Waals surface area contributed by atoms with Gasteiger partial charge in [-0.15, -0.1) is 0 Å². The number of hydrogen-bond acceptors (Lipinski definition) is 4. The quantitative estimate of drug-likeness (QED) is 0.499. The van der Waals surface area contributed by atoms with Gasteiger partial charge in [0.15, 0.2) is 0 Å². The van der Waals surface area contributed by atoms with Gasteiger partial charge < -0.3 is 21.1 Å². The van der Waals surface area contributed by atoms with E-state index < -0.39 is 6.04 Å². The number of ether oxygens (including phenoxy) is 1. The van der Waals surface area contributed by atoms with Gasteiger partial charge in [0.2, 0.25) is 11.8 Å². The Morgan fingerprint density at radius 3 is 2.61 bits per heavy atom. The molecule has 0 fully saturated rings. The number of rotatable bonds is 9. The molecule has 0 rings (SSSR count).